The second kappa shape index (κ2) is 9.83. The van der Waals surface area contributed by atoms with E-state index in [1.54, 1.807) is 4.90 Å². The van der Waals surface area contributed by atoms with Crippen molar-refractivity contribution in [1.82, 2.24) is 30.4 Å². The van der Waals surface area contributed by atoms with Crippen molar-refractivity contribution in [1.29, 1.82) is 0 Å². The minimum Gasteiger partial charge on any atom is -0.479 e. The molecule has 10 nitrogen and oxygen atoms in total. The Morgan fingerprint density at radius 1 is 1.17 bits per heavy atom. The van der Waals surface area contributed by atoms with Crippen LogP contribution in [0.15, 0.2) is 42.5 Å². The highest BCUT2D eigenvalue weighted by molar-refractivity contribution is 5.95. The number of rotatable bonds is 3. The summed E-state index contributed by atoms with van der Waals surface area (Å²) in [6.07, 6.45) is 9.14. The number of amides is 2. The zero-order valence-corrected chi connectivity index (χ0v) is 20.4. The van der Waals surface area contributed by atoms with Crippen LogP contribution in [-0.4, -0.2) is 66.1 Å². The summed E-state index contributed by atoms with van der Waals surface area (Å²) in [6, 6.07) is 8.36. The van der Waals surface area contributed by atoms with Crippen molar-refractivity contribution >= 4 is 17.8 Å². The van der Waals surface area contributed by atoms with Gasteiger partial charge in [-0.05, 0) is 30.9 Å². The Labute approximate surface area is 209 Å². The van der Waals surface area contributed by atoms with Gasteiger partial charge in [0.2, 0.25) is 17.6 Å². The number of carbonyl (C=O) groups excluding carboxylic acids is 2. The molecule has 0 radical (unpaired) electrons. The first kappa shape index (κ1) is 24.1. The van der Waals surface area contributed by atoms with E-state index in [9.17, 15) is 19.5 Å². The van der Waals surface area contributed by atoms with Crippen molar-refractivity contribution in [3.8, 4) is 11.4 Å². The molecule has 5 rings (SSSR count). The summed E-state index contributed by atoms with van der Waals surface area (Å²) in [5.41, 5.74) is -0.478. The van der Waals surface area contributed by atoms with Crippen LogP contribution in [0.3, 0.4) is 0 Å². The van der Waals surface area contributed by atoms with Crippen LogP contribution in [0.5, 0.6) is 0 Å². The SMILES string of the molecule is C[C@H]1CCCCC/C=C\[C@H]2C[C@@]2(C(=O)O)NC(=O)[C@@H]2C[C@@H](n3nnc(-c4ccccc4)n3)CN2C1=O. The Morgan fingerprint density at radius 3 is 2.75 bits per heavy atom. The summed E-state index contributed by atoms with van der Waals surface area (Å²) in [5, 5.41) is 25.6. The minimum atomic E-state index is -1.31. The van der Waals surface area contributed by atoms with E-state index in [0.29, 0.717) is 18.7 Å². The number of tetrazole rings is 1. The average Bonchev–Trinajstić information content (AvgIpc) is 3.22. The number of allylic oxidation sites excluding steroid dienone is 1. The third-order valence-electron chi connectivity index (χ3n) is 7.69. The first-order valence-corrected chi connectivity index (χ1v) is 12.8. The summed E-state index contributed by atoms with van der Waals surface area (Å²) >= 11 is 0. The predicted molar refractivity (Wildman–Crippen MR) is 130 cm³/mol. The molecule has 36 heavy (non-hydrogen) atoms. The zero-order valence-electron chi connectivity index (χ0n) is 20.4. The molecule has 1 aromatic carbocycles. The molecule has 1 saturated carbocycles. The van der Waals surface area contributed by atoms with Gasteiger partial charge in [0.25, 0.3) is 0 Å². The number of carboxylic acid groups (broad SMARTS) is 1. The van der Waals surface area contributed by atoms with Gasteiger partial charge in [-0.2, -0.15) is 4.80 Å². The van der Waals surface area contributed by atoms with E-state index >= 15 is 0 Å². The first-order valence-electron chi connectivity index (χ1n) is 12.8. The molecule has 0 bridgehead atoms. The monoisotopic (exact) mass is 492 g/mol. The number of hydrogen-bond acceptors (Lipinski definition) is 6. The van der Waals surface area contributed by atoms with E-state index < -0.39 is 23.5 Å². The number of nitrogens with zero attached hydrogens (tertiary/aromatic N) is 5. The molecule has 3 heterocycles. The van der Waals surface area contributed by atoms with Gasteiger partial charge in [0, 0.05) is 30.4 Å². The highest BCUT2D eigenvalue weighted by atomic mass is 16.4. The molecule has 3 aliphatic rings. The second-order valence-corrected chi connectivity index (χ2v) is 10.2. The minimum absolute atomic E-state index is 0.0919. The van der Waals surface area contributed by atoms with Crippen LogP contribution in [0.2, 0.25) is 0 Å². The molecule has 5 atom stereocenters. The van der Waals surface area contributed by atoms with Gasteiger partial charge in [-0.1, -0.05) is 62.2 Å². The second-order valence-electron chi connectivity index (χ2n) is 10.2. The number of fused-ring (bicyclic) bond motifs is 2. The largest absolute Gasteiger partial charge is 0.479 e. The van der Waals surface area contributed by atoms with Gasteiger partial charge in [0.15, 0.2) is 0 Å². The standard InChI is InChI=1S/C26H32N6O4/c1-17-10-6-3-2-4-9-13-19-15-26(19,25(35)36)27-23(33)21-14-20(16-31(21)24(17)34)32-29-22(28-30-32)18-11-7-5-8-12-18/h5,7-9,11-13,17,19-21H,2-4,6,10,14-16H2,1H3,(H,27,33)(H,35,36)/b13-9-/t17-,19-,20+,21-,26+/m0/s1. The molecular formula is C26H32N6O4. The van der Waals surface area contributed by atoms with Gasteiger partial charge in [0.05, 0.1) is 6.04 Å². The summed E-state index contributed by atoms with van der Waals surface area (Å²) < 4.78 is 0. The van der Waals surface area contributed by atoms with Crippen molar-refractivity contribution in [2.45, 2.75) is 69.5 Å². The number of aliphatic carboxylic acids is 1. The van der Waals surface area contributed by atoms with E-state index in [2.05, 4.69) is 20.7 Å². The lowest BCUT2D eigenvalue weighted by molar-refractivity contribution is -0.146. The summed E-state index contributed by atoms with van der Waals surface area (Å²) in [4.78, 5) is 42.2. The lowest BCUT2D eigenvalue weighted by atomic mass is 10.0. The lowest BCUT2D eigenvalue weighted by Gasteiger charge is -2.28. The molecule has 2 aromatic rings. The van der Waals surface area contributed by atoms with Crippen LogP contribution in [0.25, 0.3) is 11.4 Å². The van der Waals surface area contributed by atoms with Gasteiger partial charge in [-0.25, -0.2) is 4.79 Å². The van der Waals surface area contributed by atoms with Crippen LogP contribution in [0.1, 0.15) is 57.9 Å². The molecule has 1 aromatic heterocycles. The van der Waals surface area contributed by atoms with Crippen LogP contribution >= 0.6 is 0 Å². The topological polar surface area (TPSA) is 130 Å². The number of aromatic nitrogens is 4. The van der Waals surface area contributed by atoms with Crippen molar-refractivity contribution in [2.24, 2.45) is 11.8 Å². The molecule has 2 aliphatic heterocycles. The Hall–Kier alpha value is -3.56. The fourth-order valence-electron chi connectivity index (χ4n) is 5.38. The molecule has 0 spiro atoms. The van der Waals surface area contributed by atoms with Crippen molar-refractivity contribution in [3.05, 3.63) is 42.5 Å². The van der Waals surface area contributed by atoms with Gasteiger partial charge < -0.3 is 15.3 Å². The van der Waals surface area contributed by atoms with E-state index in [1.165, 1.54) is 4.80 Å². The zero-order chi connectivity index (χ0) is 25.3. The van der Waals surface area contributed by atoms with Gasteiger partial charge in [0.1, 0.15) is 11.6 Å². The summed E-state index contributed by atoms with van der Waals surface area (Å²) in [6.45, 7) is 2.18. The smallest absolute Gasteiger partial charge is 0.330 e. The van der Waals surface area contributed by atoms with Gasteiger partial charge in [-0.3, -0.25) is 9.59 Å². The number of nitrogens with one attached hydrogen (secondary N) is 1. The van der Waals surface area contributed by atoms with Crippen LogP contribution < -0.4 is 5.32 Å². The molecule has 2 amide bonds. The quantitative estimate of drug-likeness (QED) is 0.630. The van der Waals surface area contributed by atoms with E-state index in [-0.39, 0.29) is 30.3 Å². The Morgan fingerprint density at radius 2 is 1.97 bits per heavy atom. The van der Waals surface area contributed by atoms with Gasteiger partial charge >= 0.3 is 5.97 Å². The molecule has 1 saturated heterocycles. The molecular weight excluding hydrogens is 460 g/mol. The third kappa shape index (κ3) is 4.64. The Kier molecular flexibility index (Phi) is 6.59. The van der Waals surface area contributed by atoms with Crippen molar-refractivity contribution < 1.29 is 19.5 Å². The highest BCUT2D eigenvalue weighted by Crippen LogP contribution is 2.45. The highest BCUT2D eigenvalue weighted by Gasteiger charge is 2.61. The molecule has 10 heteroatoms. The fourth-order valence-corrected chi connectivity index (χ4v) is 5.38. The summed E-state index contributed by atoms with van der Waals surface area (Å²) in [7, 11) is 0. The van der Waals surface area contributed by atoms with Gasteiger partial charge in [-0.15, -0.1) is 10.2 Å². The van der Waals surface area contributed by atoms with E-state index in [1.807, 2.05) is 49.4 Å². The Bertz CT molecular complexity index is 1160. The maximum absolute atomic E-state index is 13.5. The maximum atomic E-state index is 13.5. The van der Waals surface area contributed by atoms with Crippen LogP contribution in [0, 0.1) is 11.8 Å². The molecule has 2 N–H and O–H groups in total. The molecule has 1 aliphatic carbocycles. The number of carbonyl (C=O) groups is 3. The van der Waals surface area contributed by atoms with Crippen LogP contribution in [-0.2, 0) is 14.4 Å². The number of carboxylic acids is 1. The van der Waals surface area contributed by atoms with E-state index in [4.69, 9.17) is 0 Å². The van der Waals surface area contributed by atoms with Crippen molar-refractivity contribution in [2.75, 3.05) is 6.54 Å². The Balaban J connectivity index is 1.41. The molecule has 2 fully saturated rings. The first-order chi connectivity index (χ1) is 17.4. The third-order valence-corrected chi connectivity index (χ3v) is 7.69. The summed E-state index contributed by atoms with van der Waals surface area (Å²) in [5.74, 6) is -1.57. The lowest BCUT2D eigenvalue weighted by Crippen LogP contribution is -2.53. The molecule has 190 valence electrons. The number of benzene rings is 1. The predicted octanol–water partition coefficient (Wildman–Crippen LogP) is 2.60. The fraction of sp³-hybridized carbons (Fsp3) is 0.538. The number of hydrogen-bond donors (Lipinski definition) is 2. The average molecular weight is 493 g/mol. The van der Waals surface area contributed by atoms with Crippen molar-refractivity contribution in [3.63, 3.8) is 0 Å². The maximum Gasteiger partial charge on any atom is 0.330 e. The normalized spacial score (nSPS) is 32.0. The van der Waals surface area contributed by atoms with Crippen LogP contribution in [0.4, 0.5) is 0 Å². The van der Waals surface area contributed by atoms with E-state index in [0.717, 1.165) is 37.7 Å². The molecule has 0 unspecified atom stereocenters.